The maximum atomic E-state index is 11.6. The monoisotopic (exact) mass is 375 g/mol. The number of hydrogen-bond acceptors (Lipinski definition) is 5. The van der Waals surface area contributed by atoms with Gasteiger partial charge in [-0.2, -0.15) is 0 Å². The third-order valence-corrected chi connectivity index (χ3v) is 4.78. The second-order valence-corrected chi connectivity index (χ2v) is 7.81. The molecular formula is C18H22BNO5S. The van der Waals surface area contributed by atoms with Gasteiger partial charge in [0.15, 0.2) is 0 Å². The number of esters is 1. The Morgan fingerprint density at radius 2 is 1.88 bits per heavy atom. The van der Waals surface area contributed by atoms with E-state index in [1.165, 1.54) is 7.11 Å². The van der Waals surface area contributed by atoms with Crippen molar-refractivity contribution < 1.29 is 22.7 Å². The van der Waals surface area contributed by atoms with Gasteiger partial charge in [-0.15, -0.1) is 0 Å². The Labute approximate surface area is 154 Å². The van der Waals surface area contributed by atoms with Crippen molar-refractivity contribution in [1.82, 2.24) is 0 Å². The molecule has 0 aliphatic heterocycles. The highest BCUT2D eigenvalue weighted by atomic mass is 32.2. The van der Waals surface area contributed by atoms with E-state index in [0.717, 1.165) is 11.0 Å². The molecule has 0 aliphatic carbocycles. The van der Waals surface area contributed by atoms with Crippen molar-refractivity contribution in [2.24, 2.45) is 5.14 Å². The molecule has 1 unspecified atom stereocenters. The number of hydrogen-bond donors (Lipinski definition) is 1. The van der Waals surface area contributed by atoms with Gasteiger partial charge in [0.1, 0.15) is 20.2 Å². The van der Waals surface area contributed by atoms with Gasteiger partial charge in [0, 0.05) is 5.92 Å². The molecule has 0 saturated heterocycles. The molecular weight excluding hydrogens is 353 g/mol. The Bertz CT molecular complexity index is 852. The number of primary sulfonamides is 1. The van der Waals surface area contributed by atoms with E-state index in [9.17, 15) is 13.2 Å². The van der Waals surface area contributed by atoms with Crippen molar-refractivity contribution in [3.8, 4) is 5.75 Å². The van der Waals surface area contributed by atoms with Crippen LogP contribution in [0.1, 0.15) is 23.5 Å². The number of benzene rings is 2. The molecule has 138 valence electrons. The van der Waals surface area contributed by atoms with Crippen molar-refractivity contribution in [2.75, 3.05) is 12.9 Å². The first-order valence-electron chi connectivity index (χ1n) is 8.12. The third-order valence-electron chi connectivity index (χ3n) is 3.91. The molecule has 0 bridgehead atoms. The molecule has 2 aromatic rings. The minimum absolute atomic E-state index is 0.0591. The minimum Gasteiger partial charge on any atom is -0.489 e. The van der Waals surface area contributed by atoms with Gasteiger partial charge >= 0.3 is 5.97 Å². The van der Waals surface area contributed by atoms with Gasteiger partial charge in [-0.05, 0) is 23.3 Å². The van der Waals surface area contributed by atoms with Crippen LogP contribution >= 0.6 is 0 Å². The quantitative estimate of drug-likeness (QED) is 0.534. The maximum absolute atomic E-state index is 11.6. The summed E-state index contributed by atoms with van der Waals surface area (Å²) in [6.07, 6.45) is -0.0591. The highest BCUT2D eigenvalue weighted by Crippen LogP contribution is 2.24. The van der Waals surface area contributed by atoms with Crippen molar-refractivity contribution >= 4 is 29.3 Å². The van der Waals surface area contributed by atoms with E-state index in [1.54, 1.807) is 24.3 Å². The lowest BCUT2D eigenvalue weighted by Crippen LogP contribution is -2.24. The number of nitrogens with two attached hydrogens (primary N) is 1. The Morgan fingerprint density at radius 3 is 2.46 bits per heavy atom. The largest absolute Gasteiger partial charge is 0.489 e. The molecule has 0 aromatic heterocycles. The summed E-state index contributed by atoms with van der Waals surface area (Å²) in [5.74, 6) is -0.727. The van der Waals surface area contributed by atoms with Gasteiger partial charge < -0.3 is 9.47 Å². The van der Waals surface area contributed by atoms with Crippen molar-refractivity contribution in [2.45, 2.75) is 18.9 Å². The smallest absolute Gasteiger partial charge is 0.306 e. The number of methoxy groups -OCH3 is 1. The lowest BCUT2D eigenvalue weighted by molar-refractivity contribution is -0.140. The number of carbonyl (C=O) groups is 1. The highest BCUT2D eigenvalue weighted by molar-refractivity contribution is 7.89. The van der Waals surface area contributed by atoms with Crippen LogP contribution < -0.4 is 15.3 Å². The topological polar surface area (TPSA) is 95.7 Å². The zero-order chi connectivity index (χ0) is 19.2. The number of rotatable bonds is 8. The van der Waals surface area contributed by atoms with Crippen LogP contribution in [0, 0.1) is 0 Å². The van der Waals surface area contributed by atoms with Crippen molar-refractivity contribution in [3.05, 3.63) is 59.7 Å². The molecule has 26 heavy (non-hydrogen) atoms. The molecule has 6 nitrogen and oxygen atoms in total. The van der Waals surface area contributed by atoms with Gasteiger partial charge in [0.25, 0.3) is 0 Å². The zero-order valence-electron chi connectivity index (χ0n) is 14.8. The Kier molecular flexibility index (Phi) is 6.82. The molecule has 2 rings (SSSR count). The third kappa shape index (κ3) is 6.53. The first kappa shape index (κ1) is 20.0. The molecule has 2 aromatic carbocycles. The van der Waals surface area contributed by atoms with Crippen LogP contribution in [0.2, 0.25) is 0 Å². The Hall–Kier alpha value is -2.32. The van der Waals surface area contributed by atoms with Gasteiger partial charge in [-0.3, -0.25) is 4.79 Å². The second kappa shape index (κ2) is 8.87. The van der Waals surface area contributed by atoms with Crippen LogP contribution in [-0.4, -0.2) is 35.1 Å². The van der Waals surface area contributed by atoms with Gasteiger partial charge in [-0.1, -0.05) is 41.9 Å². The predicted molar refractivity (Wildman–Crippen MR) is 103 cm³/mol. The summed E-state index contributed by atoms with van der Waals surface area (Å²) in [5, 5.41) is 5.14. The molecule has 0 spiro atoms. The molecule has 2 N–H and O–H groups in total. The van der Waals surface area contributed by atoms with E-state index >= 15 is 0 Å². The highest BCUT2D eigenvalue weighted by Gasteiger charge is 2.21. The van der Waals surface area contributed by atoms with E-state index in [1.807, 2.05) is 32.1 Å². The summed E-state index contributed by atoms with van der Waals surface area (Å²) in [6, 6.07) is 15.0. The first-order chi connectivity index (χ1) is 12.3. The lowest BCUT2D eigenvalue weighted by Gasteiger charge is -2.16. The molecule has 0 fully saturated rings. The van der Waals surface area contributed by atoms with Crippen LogP contribution in [0.15, 0.2) is 48.5 Å². The number of sulfonamides is 1. The van der Waals surface area contributed by atoms with Crippen LogP contribution in [0.25, 0.3) is 0 Å². The average molecular weight is 375 g/mol. The molecule has 0 aliphatic rings. The zero-order valence-corrected chi connectivity index (χ0v) is 15.7. The number of carbonyl (C=O) groups excluding carboxylic acids is 1. The Balaban J connectivity index is 2.07. The summed E-state index contributed by atoms with van der Waals surface area (Å²) < 4.78 is 33.3. The normalized spacial score (nSPS) is 12.4. The standard InChI is InChI=1S/C18H22BNO5S/c1-24-18(21)10-15(12-26(20,22)23)14-5-7-17(8-6-14)25-11-13-3-2-4-16(19)9-13/h2-9,15H,10-12,19H2,1H3,(H2,20,22,23). The van der Waals surface area contributed by atoms with Crippen LogP contribution in [0.3, 0.4) is 0 Å². The summed E-state index contributed by atoms with van der Waals surface area (Å²) in [5.41, 5.74) is 2.91. The SMILES string of the molecule is Bc1cccc(COc2ccc(C(CC(=O)OC)CS(N)(=O)=O)cc2)c1. The second-order valence-electron chi connectivity index (χ2n) is 6.15. The fraction of sp³-hybridized carbons (Fsp3) is 0.278. The van der Waals surface area contributed by atoms with E-state index in [-0.39, 0.29) is 12.2 Å². The molecule has 8 heteroatoms. The summed E-state index contributed by atoms with van der Waals surface area (Å²) in [6.45, 7) is 0.434. The fourth-order valence-corrected chi connectivity index (χ4v) is 3.51. The van der Waals surface area contributed by atoms with Crippen molar-refractivity contribution in [3.63, 3.8) is 0 Å². The van der Waals surface area contributed by atoms with E-state index in [2.05, 4.69) is 4.74 Å². The first-order valence-corrected chi connectivity index (χ1v) is 9.84. The lowest BCUT2D eigenvalue weighted by atomic mass is 9.95. The summed E-state index contributed by atoms with van der Waals surface area (Å²) in [7, 11) is -0.443. The molecule has 0 saturated carbocycles. The van der Waals surface area contributed by atoms with Gasteiger partial charge in [0.05, 0.1) is 19.3 Å². The summed E-state index contributed by atoms with van der Waals surface area (Å²) in [4.78, 5) is 11.6. The number of ether oxygens (including phenoxy) is 2. The molecule has 0 amide bonds. The van der Waals surface area contributed by atoms with E-state index < -0.39 is 21.9 Å². The van der Waals surface area contributed by atoms with Crippen LogP contribution in [-0.2, 0) is 26.2 Å². The fourth-order valence-electron chi connectivity index (χ4n) is 2.64. The Morgan fingerprint density at radius 1 is 1.19 bits per heavy atom. The molecule has 0 radical (unpaired) electrons. The van der Waals surface area contributed by atoms with Gasteiger partial charge in [-0.25, -0.2) is 13.6 Å². The van der Waals surface area contributed by atoms with Crippen LogP contribution in [0.4, 0.5) is 0 Å². The van der Waals surface area contributed by atoms with E-state index in [4.69, 9.17) is 9.88 Å². The molecule has 1 atom stereocenters. The average Bonchev–Trinajstić information content (AvgIpc) is 2.58. The summed E-state index contributed by atoms with van der Waals surface area (Å²) >= 11 is 0. The van der Waals surface area contributed by atoms with E-state index in [0.29, 0.717) is 17.9 Å². The van der Waals surface area contributed by atoms with Crippen molar-refractivity contribution in [1.29, 1.82) is 0 Å². The van der Waals surface area contributed by atoms with Gasteiger partial charge in [0.2, 0.25) is 10.0 Å². The predicted octanol–water partition coefficient (Wildman–Crippen LogP) is 0.459. The van der Waals surface area contributed by atoms with Crippen LogP contribution in [0.5, 0.6) is 5.75 Å². The maximum Gasteiger partial charge on any atom is 0.306 e. The molecule has 0 heterocycles. The minimum atomic E-state index is -3.72.